The van der Waals surface area contributed by atoms with E-state index in [1.54, 1.807) is 13.8 Å². The van der Waals surface area contributed by atoms with Gasteiger partial charge in [-0.25, -0.2) is 10.6 Å². The summed E-state index contributed by atoms with van der Waals surface area (Å²) in [4.78, 5) is 51.0. The summed E-state index contributed by atoms with van der Waals surface area (Å²) in [5.74, 6) is 2.55. The number of ether oxygens (including phenoxy) is 2. The monoisotopic (exact) mass is 359 g/mol. The Kier molecular flexibility index (Phi) is 7.03. The smallest absolute Gasteiger partial charge is 0.364 e. The fourth-order valence-electron chi connectivity index (χ4n) is 1.84. The molecule has 0 aliphatic carbocycles. The first-order valence-electron chi connectivity index (χ1n) is 7.84. The van der Waals surface area contributed by atoms with Crippen LogP contribution in [-0.4, -0.2) is 53.2 Å². The van der Waals surface area contributed by atoms with Crippen molar-refractivity contribution >= 4 is 23.7 Å². The Hall–Kier alpha value is -2.04. The second kappa shape index (κ2) is 8.37. The summed E-state index contributed by atoms with van der Waals surface area (Å²) in [6.45, 7) is 6.38. The lowest BCUT2D eigenvalue weighted by molar-refractivity contribution is -0.212. The fourth-order valence-corrected chi connectivity index (χ4v) is 1.84. The van der Waals surface area contributed by atoms with Crippen LogP contribution < -0.4 is 11.3 Å². The SMILES string of the molecule is CC(C)(CCOC(C)(C)C(=O)ON1C(=O)CCC1=O)OCC(=O)NN. The highest BCUT2D eigenvalue weighted by molar-refractivity contribution is 6.01. The Labute approximate surface area is 145 Å². The third-order valence-corrected chi connectivity index (χ3v) is 3.59. The van der Waals surface area contributed by atoms with Gasteiger partial charge in [-0.15, -0.1) is 5.06 Å². The molecule has 1 heterocycles. The average Bonchev–Trinajstić information content (AvgIpc) is 2.84. The molecule has 10 nitrogen and oxygen atoms in total. The van der Waals surface area contributed by atoms with Crippen molar-refractivity contribution in [2.45, 2.75) is 58.2 Å². The first-order valence-corrected chi connectivity index (χ1v) is 7.84. The standard InChI is InChI=1S/C15H25N3O7/c1-14(2,24-9-10(19)17-16)7-8-23-15(3,4)13(22)25-18-11(20)5-6-12(18)21/h5-9,16H2,1-4H3,(H,17,19). The molecule has 0 aromatic heterocycles. The van der Waals surface area contributed by atoms with Gasteiger partial charge in [0.15, 0.2) is 5.60 Å². The third kappa shape index (κ3) is 6.40. The van der Waals surface area contributed by atoms with Crippen LogP contribution in [0.1, 0.15) is 47.0 Å². The Bertz CT molecular complexity index is 529. The number of nitrogens with zero attached hydrogens (tertiary/aromatic N) is 1. The highest BCUT2D eigenvalue weighted by atomic mass is 16.7. The van der Waals surface area contributed by atoms with Crippen LogP contribution in [0.3, 0.4) is 0 Å². The summed E-state index contributed by atoms with van der Waals surface area (Å²) in [6.07, 6.45) is 0.424. The van der Waals surface area contributed by atoms with Crippen molar-refractivity contribution < 1.29 is 33.5 Å². The van der Waals surface area contributed by atoms with Crippen molar-refractivity contribution in [2.24, 2.45) is 5.84 Å². The van der Waals surface area contributed by atoms with E-state index in [0.717, 1.165) is 0 Å². The molecule has 1 aliphatic heterocycles. The average molecular weight is 359 g/mol. The molecule has 10 heteroatoms. The van der Waals surface area contributed by atoms with Gasteiger partial charge in [-0.3, -0.25) is 19.8 Å². The van der Waals surface area contributed by atoms with Crippen LogP contribution in [-0.2, 0) is 33.5 Å². The van der Waals surface area contributed by atoms with Crippen LogP contribution in [0.25, 0.3) is 0 Å². The lowest BCUT2D eigenvalue weighted by Gasteiger charge is -2.28. The molecule has 0 aromatic carbocycles. The molecule has 0 radical (unpaired) electrons. The van der Waals surface area contributed by atoms with Gasteiger partial charge in [0.05, 0.1) is 12.2 Å². The minimum Gasteiger partial charge on any atom is -0.366 e. The van der Waals surface area contributed by atoms with Gasteiger partial charge in [0.25, 0.3) is 17.7 Å². The number of carbonyl (C=O) groups excluding carboxylic acids is 4. The van der Waals surface area contributed by atoms with E-state index < -0.39 is 34.9 Å². The van der Waals surface area contributed by atoms with Crippen molar-refractivity contribution in [1.29, 1.82) is 0 Å². The van der Waals surface area contributed by atoms with Crippen molar-refractivity contribution in [1.82, 2.24) is 10.5 Å². The molecule has 25 heavy (non-hydrogen) atoms. The molecule has 1 rings (SSSR count). The van der Waals surface area contributed by atoms with Crippen LogP contribution in [0.4, 0.5) is 0 Å². The quantitative estimate of drug-likeness (QED) is 0.245. The number of imide groups is 1. The molecule has 1 aliphatic rings. The van der Waals surface area contributed by atoms with Crippen molar-refractivity contribution in [2.75, 3.05) is 13.2 Å². The highest BCUT2D eigenvalue weighted by Crippen LogP contribution is 2.20. The molecule has 0 aromatic rings. The largest absolute Gasteiger partial charge is 0.366 e. The minimum atomic E-state index is -1.37. The number of rotatable bonds is 9. The van der Waals surface area contributed by atoms with E-state index in [1.165, 1.54) is 13.8 Å². The van der Waals surface area contributed by atoms with Gasteiger partial charge in [-0.1, -0.05) is 0 Å². The topological polar surface area (TPSA) is 137 Å². The second-order valence-corrected chi connectivity index (χ2v) is 6.69. The molecule has 0 bridgehead atoms. The van der Waals surface area contributed by atoms with E-state index in [0.29, 0.717) is 11.5 Å². The predicted molar refractivity (Wildman–Crippen MR) is 84.2 cm³/mol. The highest BCUT2D eigenvalue weighted by Gasteiger charge is 2.39. The summed E-state index contributed by atoms with van der Waals surface area (Å²) in [5.41, 5.74) is -0.0961. The third-order valence-electron chi connectivity index (χ3n) is 3.59. The molecular weight excluding hydrogens is 334 g/mol. The molecule has 0 unspecified atom stereocenters. The normalized spacial score (nSPS) is 15.5. The van der Waals surface area contributed by atoms with E-state index in [9.17, 15) is 19.2 Å². The van der Waals surface area contributed by atoms with Gasteiger partial charge < -0.3 is 14.3 Å². The van der Waals surface area contributed by atoms with Crippen LogP contribution >= 0.6 is 0 Å². The van der Waals surface area contributed by atoms with Gasteiger partial charge in [-0.05, 0) is 34.1 Å². The zero-order valence-electron chi connectivity index (χ0n) is 14.9. The number of nitrogens with one attached hydrogen (secondary N) is 1. The van der Waals surface area contributed by atoms with E-state index in [-0.39, 0.29) is 26.1 Å². The second-order valence-electron chi connectivity index (χ2n) is 6.69. The maximum atomic E-state index is 12.1. The van der Waals surface area contributed by atoms with E-state index >= 15 is 0 Å². The molecule has 0 saturated carbocycles. The van der Waals surface area contributed by atoms with Crippen molar-refractivity contribution in [3.05, 3.63) is 0 Å². The number of hydrogen-bond acceptors (Lipinski definition) is 8. The Morgan fingerprint density at radius 3 is 2.20 bits per heavy atom. The summed E-state index contributed by atoms with van der Waals surface area (Å²) < 4.78 is 10.9. The molecule has 142 valence electrons. The maximum absolute atomic E-state index is 12.1. The van der Waals surface area contributed by atoms with E-state index in [4.69, 9.17) is 20.2 Å². The summed E-state index contributed by atoms with van der Waals surface area (Å²) in [6, 6.07) is 0. The molecule has 0 atom stereocenters. The summed E-state index contributed by atoms with van der Waals surface area (Å²) in [5, 5.41) is 0.478. The molecular formula is C15H25N3O7. The number of carbonyl (C=O) groups is 4. The van der Waals surface area contributed by atoms with E-state index in [2.05, 4.69) is 0 Å². The molecule has 3 N–H and O–H groups in total. The molecule has 3 amide bonds. The number of hydrogen-bond donors (Lipinski definition) is 2. The van der Waals surface area contributed by atoms with Crippen LogP contribution in [0.15, 0.2) is 0 Å². The zero-order valence-corrected chi connectivity index (χ0v) is 14.9. The first-order chi connectivity index (χ1) is 11.5. The fraction of sp³-hybridized carbons (Fsp3) is 0.733. The van der Waals surface area contributed by atoms with Crippen LogP contribution in [0, 0.1) is 0 Å². The van der Waals surface area contributed by atoms with Gasteiger partial charge >= 0.3 is 5.97 Å². The minimum absolute atomic E-state index is 0.0231. The van der Waals surface area contributed by atoms with Gasteiger partial charge in [-0.2, -0.15) is 0 Å². The number of hydroxylamine groups is 2. The van der Waals surface area contributed by atoms with Gasteiger partial charge in [0, 0.05) is 12.8 Å². The number of amides is 3. The van der Waals surface area contributed by atoms with Crippen LogP contribution in [0.2, 0.25) is 0 Å². The predicted octanol–water partition coefficient (Wildman–Crippen LogP) is -0.436. The van der Waals surface area contributed by atoms with Gasteiger partial charge in [0.2, 0.25) is 0 Å². The first kappa shape index (κ1) is 21.0. The van der Waals surface area contributed by atoms with Gasteiger partial charge in [0.1, 0.15) is 6.61 Å². The number of nitrogens with two attached hydrogens (primary N) is 1. The zero-order chi connectivity index (χ0) is 19.3. The lowest BCUT2D eigenvalue weighted by atomic mass is 10.1. The summed E-state index contributed by atoms with van der Waals surface area (Å²) in [7, 11) is 0. The molecule has 1 fully saturated rings. The van der Waals surface area contributed by atoms with Crippen molar-refractivity contribution in [3.8, 4) is 0 Å². The lowest BCUT2D eigenvalue weighted by Crippen LogP contribution is -2.44. The maximum Gasteiger partial charge on any atom is 0.364 e. The van der Waals surface area contributed by atoms with Crippen LogP contribution in [0.5, 0.6) is 0 Å². The Morgan fingerprint density at radius 1 is 1.12 bits per heavy atom. The molecule has 0 spiro atoms. The number of hydrazine groups is 1. The van der Waals surface area contributed by atoms with E-state index in [1.807, 2.05) is 5.43 Å². The Morgan fingerprint density at radius 2 is 1.68 bits per heavy atom. The summed E-state index contributed by atoms with van der Waals surface area (Å²) >= 11 is 0. The molecule has 1 saturated heterocycles. The van der Waals surface area contributed by atoms with Crippen molar-refractivity contribution in [3.63, 3.8) is 0 Å². The Balaban J connectivity index is 2.46.